The Balaban J connectivity index is 1.43. The largest absolute Gasteiger partial charge is 0.493 e. The summed E-state index contributed by atoms with van der Waals surface area (Å²) in [5, 5.41) is 10.5. The van der Waals surface area contributed by atoms with Crippen molar-refractivity contribution in [2.75, 3.05) is 20.3 Å². The number of carbonyl (C=O) groups excluding carboxylic acids is 2. The molecule has 240 valence electrons. The van der Waals surface area contributed by atoms with E-state index in [1.807, 2.05) is 36.4 Å². The quantitative estimate of drug-likeness (QED) is 0.0643. The van der Waals surface area contributed by atoms with Crippen molar-refractivity contribution in [1.82, 2.24) is 16.1 Å². The number of esters is 1. The first kappa shape index (κ1) is 34.2. The van der Waals surface area contributed by atoms with Crippen LogP contribution >= 0.6 is 28.1 Å². The maximum absolute atomic E-state index is 12.8. The highest BCUT2D eigenvalue weighted by molar-refractivity contribution is 9.10. The third kappa shape index (κ3) is 8.95. The molecule has 3 aromatic rings. The van der Waals surface area contributed by atoms with Gasteiger partial charge in [0.15, 0.2) is 23.2 Å². The highest BCUT2D eigenvalue weighted by Gasteiger charge is 2.32. The molecule has 0 aliphatic carbocycles. The van der Waals surface area contributed by atoms with E-state index in [4.69, 9.17) is 31.2 Å². The Labute approximate surface area is 282 Å². The summed E-state index contributed by atoms with van der Waals surface area (Å²) in [7, 11) is 1.57. The van der Waals surface area contributed by atoms with Gasteiger partial charge in [0, 0.05) is 21.3 Å². The normalized spacial score (nSPS) is 14.3. The first-order chi connectivity index (χ1) is 22.2. The monoisotopic (exact) mass is 706 g/mol. The standard InChI is InChI=1S/C34H35BrN4O6S/c1-5-9-24-16-23(17-28(42-4)32(24)45-19-22-12-14-25(35)15-13-22)18-36-39-29(40)20-44-27-11-8-7-10-26(27)31-30(33(41)43-6-2)21(3)37-34(46)38-31/h5,7-8,10-18,31H,1,6,9,19-20H2,2-4H3,(H,39,40)(H2,37,38,46)/t31-/m1/s1. The average Bonchev–Trinajstić information content (AvgIpc) is 3.03. The van der Waals surface area contributed by atoms with Crippen LogP contribution in [0.3, 0.4) is 0 Å². The zero-order valence-electron chi connectivity index (χ0n) is 25.7. The Kier molecular flexibility index (Phi) is 12.3. The molecule has 0 spiro atoms. The lowest BCUT2D eigenvalue weighted by atomic mass is 9.95. The first-order valence-corrected chi connectivity index (χ1v) is 15.6. The van der Waals surface area contributed by atoms with Gasteiger partial charge in [0.05, 0.1) is 31.5 Å². The third-order valence-corrected chi connectivity index (χ3v) is 7.54. The van der Waals surface area contributed by atoms with Crippen molar-refractivity contribution < 1.29 is 28.5 Å². The number of para-hydroxylation sites is 1. The molecule has 1 amide bonds. The number of rotatable bonds is 14. The fourth-order valence-corrected chi connectivity index (χ4v) is 5.26. The number of thiocarbonyl (C=S) groups is 1. The SMILES string of the molecule is C=CCc1cc(C=NNC(=O)COc2ccccc2[C@H]2NC(=S)NC(C)=C2C(=O)OCC)cc(OC)c1OCc1ccc(Br)cc1. The lowest BCUT2D eigenvalue weighted by molar-refractivity contribution is -0.139. The second-order valence-corrected chi connectivity index (χ2v) is 11.4. The first-order valence-electron chi connectivity index (χ1n) is 14.4. The molecule has 12 heteroatoms. The lowest BCUT2D eigenvalue weighted by Crippen LogP contribution is -2.45. The maximum Gasteiger partial charge on any atom is 0.338 e. The number of hydrazone groups is 1. The molecule has 0 saturated heterocycles. The van der Waals surface area contributed by atoms with Crippen molar-refractivity contribution in [1.29, 1.82) is 0 Å². The van der Waals surface area contributed by atoms with Gasteiger partial charge in [-0.15, -0.1) is 6.58 Å². The molecule has 0 saturated carbocycles. The van der Waals surface area contributed by atoms with E-state index in [-0.39, 0.29) is 13.2 Å². The van der Waals surface area contributed by atoms with Crippen LogP contribution in [0.2, 0.25) is 0 Å². The van der Waals surface area contributed by atoms with Crippen LogP contribution in [0, 0.1) is 0 Å². The number of halogens is 1. The van der Waals surface area contributed by atoms with Gasteiger partial charge < -0.3 is 29.6 Å². The van der Waals surface area contributed by atoms with Crippen LogP contribution < -0.4 is 30.3 Å². The zero-order chi connectivity index (χ0) is 33.1. The molecule has 0 fully saturated rings. The number of ether oxygens (including phenoxy) is 4. The summed E-state index contributed by atoms with van der Waals surface area (Å²) in [6, 6.07) is 18.0. The number of amides is 1. The van der Waals surface area contributed by atoms with E-state index in [0.29, 0.717) is 57.8 Å². The Morgan fingerprint density at radius 3 is 2.59 bits per heavy atom. The van der Waals surface area contributed by atoms with Crippen LogP contribution in [-0.2, 0) is 27.4 Å². The smallest absolute Gasteiger partial charge is 0.338 e. The van der Waals surface area contributed by atoms with Crippen LogP contribution in [0.25, 0.3) is 0 Å². The van der Waals surface area contributed by atoms with Gasteiger partial charge in [-0.05, 0) is 73.9 Å². The summed E-state index contributed by atoms with van der Waals surface area (Å²) < 4.78 is 23.9. The van der Waals surface area contributed by atoms with Gasteiger partial charge in [-0.3, -0.25) is 4.79 Å². The maximum atomic E-state index is 12.8. The fraction of sp³-hybridized carbons (Fsp3) is 0.235. The van der Waals surface area contributed by atoms with Crippen molar-refractivity contribution in [3.63, 3.8) is 0 Å². The highest BCUT2D eigenvalue weighted by atomic mass is 79.9. The molecule has 1 atom stereocenters. The number of hydrogen-bond acceptors (Lipinski definition) is 8. The Hall–Kier alpha value is -4.68. The molecule has 1 heterocycles. The van der Waals surface area contributed by atoms with Gasteiger partial charge in [0.1, 0.15) is 12.4 Å². The second kappa shape index (κ2) is 16.6. The van der Waals surface area contributed by atoms with Crippen LogP contribution in [0.15, 0.2) is 94.2 Å². The van der Waals surface area contributed by atoms with E-state index in [9.17, 15) is 9.59 Å². The van der Waals surface area contributed by atoms with Crippen molar-refractivity contribution in [2.45, 2.75) is 32.9 Å². The topological polar surface area (TPSA) is 120 Å². The van der Waals surface area contributed by atoms with Crippen molar-refractivity contribution in [2.24, 2.45) is 5.10 Å². The number of carbonyl (C=O) groups is 2. The number of allylic oxidation sites excluding steroid dienone is 2. The molecule has 4 rings (SSSR count). The minimum atomic E-state index is -0.633. The number of benzene rings is 3. The molecular weight excluding hydrogens is 672 g/mol. The number of methoxy groups -OCH3 is 1. The van der Waals surface area contributed by atoms with Crippen molar-refractivity contribution in [3.8, 4) is 17.2 Å². The zero-order valence-corrected chi connectivity index (χ0v) is 28.1. The van der Waals surface area contributed by atoms with Gasteiger partial charge in [-0.2, -0.15) is 5.10 Å². The summed E-state index contributed by atoms with van der Waals surface area (Å²) in [5.41, 5.74) is 6.62. The van der Waals surface area contributed by atoms with E-state index < -0.39 is 17.9 Å². The molecule has 0 aromatic heterocycles. The number of hydrogen-bond donors (Lipinski definition) is 3. The van der Waals surface area contributed by atoms with Gasteiger partial charge in [0.25, 0.3) is 5.91 Å². The average molecular weight is 708 g/mol. The molecule has 1 aliphatic rings. The minimum absolute atomic E-state index is 0.221. The van der Waals surface area contributed by atoms with Gasteiger partial charge in [0.2, 0.25) is 0 Å². The highest BCUT2D eigenvalue weighted by Crippen LogP contribution is 2.35. The summed E-state index contributed by atoms with van der Waals surface area (Å²) in [5.74, 6) is 0.577. The van der Waals surface area contributed by atoms with E-state index in [2.05, 4.69) is 43.7 Å². The summed E-state index contributed by atoms with van der Waals surface area (Å²) >= 11 is 8.78. The molecule has 10 nitrogen and oxygen atoms in total. The summed E-state index contributed by atoms with van der Waals surface area (Å²) in [4.78, 5) is 25.5. The Morgan fingerprint density at radius 1 is 1.11 bits per heavy atom. The molecule has 46 heavy (non-hydrogen) atoms. The molecule has 0 radical (unpaired) electrons. The van der Waals surface area contributed by atoms with E-state index in [1.54, 1.807) is 51.3 Å². The molecule has 0 bridgehead atoms. The van der Waals surface area contributed by atoms with Crippen LogP contribution in [0.1, 0.15) is 42.1 Å². The molecular formula is C34H35BrN4O6S. The van der Waals surface area contributed by atoms with Crippen LogP contribution in [0.5, 0.6) is 17.2 Å². The van der Waals surface area contributed by atoms with Gasteiger partial charge >= 0.3 is 5.97 Å². The fourth-order valence-electron chi connectivity index (χ4n) is 4.73. The summed E-state index contributed by atoms with van der Waals surface area (Å²) in [6.07, 6.45) is 3.83. The minimum Gasteiger partial charge on any atom is -0.493 e. The predicted octanol–water partition coefficient (Wildman–Crippen LogP) is 5.65. The van der Waals surface area contributed by atoms with Gasteiger partial charge in [-0.25, -0.2) is 10.2 Å². The Morgan fingerprint density at radius 2 is 1.87 bits per heavy atom. The Bertz CT molecular complexity index is 1660. The molecule has 3 aromatic carbocycles. The number of nitrogens with zero attached hydrogens (tertiary/aromatic N) is 1. The second-order valence-electron chi connectivity index (χ2n) is 10.0. The van der Waals surface area contributed by atoms with E-state index >= 15 is 0 Å². The van der Waals surface area contributed by atoms with Crippen LogP contribution in [-0.4, -0.2) is 43.5 Å². The predicted molar refractivity (Wildman–Crippen MR) is 184 cm³/mol. The molecule has 1 aliphatic heterocycles. The van der Waals surface area contributed by atoms with E-state index in [0.717, 1.165) is 15.6 Å². The lowest BCUT2D eigenvalue weighted by Gasteiger charge is -2.30. The van der Waals surface area contributed by atoms with Gasteiger partial charge in [-0.1, -0.05) is 52.3 Å². The summed E-state index contributed by atoms with van der Waals surface area (Å²) in [6.45, 7) is 7.61. The molecule has 0 unspecified atom stereocenters. The van der Waals surface area contributed by atoms with Crippen LogP contribution in [0.4, 0.5) is 0 Å². The van der Waals surface area contributed by atoms with Crippen molar-refractivity contribution in [3.05, 3.63) is 111 Å². The number of nitrogens with one attached hydrogen (secondary N) is 3. The third-order valence-electron chi connectivity index (χ3n) is 6.79. The molecule has 3 N–H and O–H groups in total. The van der Waals surface area contributed by atoms with E-state index in [1.165, 1.54) is 6.21 Å². The van der Waals surface area contributed by atoms with Crippen molar-refractivity contribution >= 4 is 51.4 Å².